The van der Waals surface area contributed by atoms with Gasteiger partial charge in [-0.3, -0.25) is 19.2 Å². The quantitative estimate of drug-likeness (QED) is 0.462. The summed E-state index contributed by atoms with van der Waals surface area (Å²) in [7, 11) is 0. The lowest BCUT2D eigenvalue weighted by Gasteiger charge is -2.44. The summed E-state index contributed by atoms with van der Waals surface area (Å²) < 4.78 is 1.69. The highest BCUT2D eigenvalue weighted by Crippen LogP contribution is 2.37. The Hall–Kier alpha value is -2.64. The Morgan fingerprint density at radius 3 is 2.65 bits per heavy atom. The Morgan fingerprint density at radius 1 is 1.18 bits per heavy atom. The largest absolute Gasteiger partial charge is 0.351 e. The molecule has 1 aromatic carbocycles. The van der Waals surface area contributed by atoms with E-state index >= 15 is 0 Å². The number of hydrogen-bond donors (Lipinski definition) is 1. The number of fused-ring (bicyclic) bond motifs is 1. The van der Waals surface area contributed by atoms with Crippen LogP contribution in [-0.4, -0.2) is 33.2 Å². The third kappa shape index (κ3) is 4.16. The van der Waals surface area contributed by atoms with Crippen molar-refractivity contribution in [3.63, 3.8) is 0 Å². The van der Waals surface area contributed by atoms with Gasteiger partial charge in [0, 0.05) is 16.8 Å². The molecule has 5 rings (SSSR count). The average molecular weight is 497 g/mol. The fourth-order valence-electron chi connectivity index (χ4n) is 5.09. The zero-order valence-electron chi connectivity index (χ0n) is 19.5. The number of thiophene rings is 1. The Labute approximate surface area is 208 Å². The Morgan fingerprint density at radius 2 is 1.94 bits per heavy atom. The van der Waals surface area contributed by atoms with E-state index in [1.54, 1.807) is 33.1 Å². The first-order chi connectivity index (χ1) is 16.4. The molecule has 6 nitrogen and oxygen atoms in total. The average Bonchev–Trinajstić information content (AvgIpc) is 3.41. The van der Waals surface area contributed by atoms with E-state index in [9.17, 15) is 9.59 Å². The van der Waals surface area contributed by atoms with Crippen LogP contribution >= 0.6 is 22.9 Å². The minimum atomic E-state index is -1.15. The van der Waals surface area contributed by atoms with Gasteiger partial charge in [-0.15, -0.1) is 11.3 Å². The summed E-state index contributed by atoms with van der Waals surface area (Å²) in [5, 5.41) is 10.5. The fraction of sp³-hybridized carbons (Fsp3) is 0.423. The van der Waals surface area contributed by atoms with E-state index in [-0.39, 0.29) is 24.4 Å². The predicted molar refractivity (Wildman–Crippen MR) is 137 cm³/mol. The zero-order valence-corrected chi connectivity index (χ0v) is 21.1. The molecule has 0 radical (unpaired) electrons. The number of anilines is 1. The molecule has 0 spiro atoms. The number of halogens is 1. The molecule has 1 aliphatic heterocycles. The molecule has 34 heavy (non-hydrogen) atoms. The number of aryl methyl sites for hydroxylation is 1. The lowest BCUT2D eigenvalue weighted by molar-refractivity contribution is -0.127. The molecule has 2 aromatic heterocycles. The van der Waals surface area contributed by atoms with Crippen molar-refractivity contribution in [2.45, 2.75) is 70.5 Å². The van der Waals surface area contributed by atoms with E-state index in [0.29, 0.717) is 16.4 Å². The maximum absolute atomic E-state index is 14.0. The number of rotatable bonds is 4. The van der Waals surface area contributed by atoms with Gasteiger partial charge in [-0.1, -0.05) is 49.4 Å². The fourth-order valence-corrected chi connectivity index (χ4v) is 5.94. The lowest BCUT2D eigenvalue weighted by Crippen LogP contribution is -2.65. The van der Waals surface area contributed by atoms with Crippen LogP contribution in [-0.2, 0) is 11.3 Å². The van der Waals surface area contributed by atoms with Gasteiger partial charge in [-0.25, -0.2) is 0 Å². The van der Waals surface area contributed by atoms with E-state index in [2.05, 4.69) is 5.32 Å². The van der Waals surface area contributed by atoms with Gasteiger partial charge in [-0.05, 0) is 61.9 Å². The molecule has 0 saturated heterocycles. The summed E-state index contributed by atoms with van der Waals surface area (Å²) in [5.41, 5.74) is 1.61. The molecule has 3 heterocycles. The summed E-state index contributed by atoms with van der Waals surface area (Å²) in [6.45, 7) is 4.04. The first-order valence-corrected chi connectivity index (χ1v) is 13.2. The Balaban J connectivity index is 1.58. The monoisotopic (exact) mass is 496 g/mol. The standard InChI is InChI=1S/C26H29ClN4O2S/c1-17-11-12-18(27)14-21(17)31-24(32)22-15-20(23-10-7-13-34-23)29-30(22)16-26(31,2)25(33)28-19-8-5-3-4-6-9-19/h7,10-15,19H,3-6,8-9,16H2,1-2H3,(H,28,33). The van der Waals surface area contributed by atoms with Crippen LogP contribution in [0.15, 0.2) is 41.8 Å². The molecular weight excluding hydrogens is 468 g/mol. The molecule has 1 fully saturated rings. The molecule has 1 N–H and O–H groups in total. The van der Waals surface area contributed by atoms with Crippen molar-refractivity contribution < 1.29 is 9.59 Å². The van der Waals surface area contributed by atoms with Crippen LogP contribution in [0.4, 0.5) is 5.69 Å². The van der Waals surface area contributed by atoms with Gasteiger partial charge in [0.15, 0.2) is 0 Å². The number of amides is 2. The van der Waals surface area contributed by atoms with Crippen LogP contribution in [0.1, 0.15) is 61.5 Å². The van der Waals surface area contributed by atoms with Crippen LogP contribution in [0.5, 0.6) is 0 Å². The van der Waals surface area contributed by atoms with Gasteiger partial charge in [-0.2, -0.15) is 5.10 Å². The van der Waals surface area contributed by atoms with Gasteiger partial charge in [0.05, 0.1) is 11.4 Å². The van der Waals surface area contributed by atoms with Gasteiger partial charge in [0.2, 0.25) is 5.91 Å². The number of carbonyl (C=O) groups is 2. The molecule has 2 aliphatic rings. The van der Waals surface area contributed by atoms with Crippen LogP contribution in [0.2, 0.25) is 5.02 Å². The minimum Gasteiger partial charge on any atom is -0.351 e. The van der Waals surface area contributed by atoms with Gasteiger partial charge < -0.3 is 5.32 Å². The second kappa shape index (κ2) is 9.19. The highest BCUT2D eigenvalue weighted by Gasteiger charge is 2.49. The van der Waals surface area contributed by atoms with Crippen molar-refractivity contribution in [1.29, 1.82) is 0 Å². The second-order valence-corrected chi connectivity index (χ2v) is 10.9. The summed E-state index contributed by atoms with van der Waals surface area (Å²) in [4.78, 5) is 30.5. The summed E-state index contributed by atoms with van der Waals surface area (Å²) in [6.07, 6.45) is 6.59. The first-order valence-electron chi connectivity index (χ1n) is 11.9. The lowest BCUT2D eigenvalue weighted by atomic mass is 9.92. The molecule has 0 bridgehead atoms. The topological polar surface area (TPSA) is 67.2 Å². The van der Waals surface area contributed by atoms with Crippen molar-refractivity contribution >= 4 is 40.4 Å². The molecule has 2 amide bonds. The Kier molecular flexibility index (Phi) is 6.25. The molecule has 8 heteroatoms. The Bertz CT molecular complexity index is 1210. The highest BCUT2D eigenvalue weighted by atomic mass is 35.5. The first kappa shape index (κ1) is 23.1. The van der Waals surface area contributed by atoms with Crippen molar-refractivity contribution in [1.82, 2.24) is 15.1 Å². The number of hydrogen-bond acceptors (Lipinski definition) is 4. The van der Waals surface area contributed by atoms with E-state index < -0.39 is 5.54 Å². The van der Waals surface area contributed by atoms with Crippen LogP contribution in [0.3, 0.4) is 0 Å². The number of aromatic nitrogens is 2. The smallest absolute Gasteiger partial charge is 0.277 e. The molecule has 1 unspecified atom stereocenters. The van der Waals surface area contributed by atoms with Crippen molar-refractivity contribution in [2.75, 3.05) is 4.90 Å². The number of nitrogens with zero attached hydrogens (tertiary/aromatic N) is 3. The van der Waals surface area contributed by atoms with E-state index in [1.165, 1.54) is 12.8 Å². The molecule has 178 valence electrons. The second-order valence-electron chi connectivity index (χ2n) is 9.56. The molecule has 1 atom stereocenters. The van der Waals surface area contributed by atoms with Gasteiger partial charge in [0.1, 0.15) is 16.9 Å². The SMILES string of the molecule is Cc1ccc(Cl)cc1N1C(=O)c2cc(-c3cccs3)nn2CC1(C)C(=O)NC1CCCCCC1. The van der Waals surface area contributed by atoms with E-state index in [4.69, 9.17) is 16.7 Å². The molecular formula is C26H29ClN4O2S. The van der Waals surface area contributed by atoms with Gasteiger partial charge in [0.25, 0.3) is 5.91 Å². The van der Waals surface area contributed by atoms with Gasteiger partial charge >= 0.3 is 0 Å². The minimum absolute atomic E-state index is 0.130. The van der Waals surface area contributed by atoms with Crippen LogP contribution in [0, 0.1) is 6.92 Å². The summed E-state index contributed by atoms with van der Waals surface area (Å²) in [6, 6.07) is 11.4. The summed E-state index contributed by atoms with van der Waals surface area (Å²) in [5.74, 6) is -0.392. The number of nitrogens with one attached hydrogen (secondary N) is 1. The van der Waals surface area contributed by atoms with E-state index in [1.807, 2.05) is 43.5 Å². The number of benzene rings is 1. The van der Waals surface area contributed by atoms with Crippen molar-refractivity contribution in [2.24, 2.45) is 0 Å². The maximum Gasteiger partial charge on any atom is 0.277 e. The molecule has 1 aliphatic carbocycles. The number of carbonyl (C=O) groups excluding carboxylic acids is 2. The molecule has 1 saturated carbocycles. The van der Waals surface area contributed by atoms with Crippen LogP contribution in [0.25, 0.3) is 10.6 Å². The third-order valence-electron chi connectivity index (χ3n) is 7.02. The van der Waals surface area contributed by atoms with Crippen molar-refractivity contribution in [3.05, 3.63) is 58.1 Å². The van der Waals surface area contributed by atoms with Crippen molar-refractivity contribution in [3.8, 4) is 10.6 Å². The summed E-state index contributed by atoms with van der Waals surface area (Å²) >= 11 is 7.92. The highest BCUT2D eigenvalue weighted by molar-refractivity contribution is 7.13. The predicted octanol–water partition coefficient (Wildman–Crippen LogP) is 5.83. The zero-order chi connectivity index (χ0) is 23.9. The maximum atomic E-state index is 14.0. The third-order valence-corrected chi connectivity index (χ3v) is 8.15. The van der Waals surface area contributed by atoms with E-state index in [0.717, 1.165) is 41.8 Å². The van der Waals surface area contributed by atoms with Crippen LogP contribution < -0.4 is 10.2 Å². The normalized spacial score (nSPS) is 21.3. The molecule has 3 aromatic rings.